The fraction of sp³-hybridized carbons (Fsp3) is 0.231. The van der Waals surface area contributed by atoms with Crippen molar-refractivity contribution in [1.82, 2.24) is 0 Å². The van der Waals surface area contributed by atoms with Gasteiger partial charge in [-0.3, -0.25) is 4.79 Å². The molecule has 0 saturated carbocycles. The van der Waals surface area contributed by atoms with Crippen LogP contribution in [0.25, 0.3) is 0 Å². The van der Waals surface area contributed by atoms with Crippen molar-refractivity contribution < 1.29 is 18.7 Å². The van der Waals surface area contributed by atoms with Crippen LogP contribution in [0.15, 0.2) is 24.3 Å². The van der Waals surface area contributed by atoms with E-state index >= 15 is 0 Å². The summed E-state index contributed by atoms with van der Waals surface area (Å²) in [5.41, 5.74) is 1.08. The summed E-state index contributed by atoms with van der Waals surface area (Å²) in [5.74, 6) is 0.215. The maximum absolute atomic E-state index is 13.4. The number of benzene rings is 1. The van der Waals surface area contributed by atoms with Crippen molar-refractivity contribution in [3.8, 4) is 12.3 Å². The molecular weight excluding hydrogens is 237 g/mol. The predicted octanol–water partition coefficient (Wildman–Crippen LogP) is 1.14. The summed E-state index contributed by atoms with van der Waals surface area (Å²) in [6.45, 7) is 0. The number of anilines is 1. The molecule has 1 atom stereocenters. The predicted molar refractivity (Wildman–Crippen MR) is 64.7 cm³/mol. The van der Waals surface area contributed by atoms with Crippen LogP contribution in [0.1, 0.15) is 5.56 Å². The van der Waals surface area contributed by atoms with Crippen LogP contribution >= 0.6 is 0 Å². The molecule has 1 aromatic rings. The minimum atomic E-state index is -2.33. The average Bonchev–Trinajstić information content (AvgIpc) is 2.44. The van der Waals surface area contributed by atoms with Crippen LogP contribution in [0.5, 0.6) is 0 Å². The van der Waals surface area contributed by atoms with E-state index in [1.807, 2.05) is 0 Å². The monoisotopic (exact) mass is 249 g/mol. The average molecular weight is 249 g/mol. The fourth-order valence-electron chi connectivity index (χ4n) is 1.28. The third kappa shape index (κ3) is 2.86. The van der Waals surface area contributed by atoms with Gasteiger partial charge in [-0.2, -0.15) is 0 Å². The summed E-state index contributed by atoms with van der Waals surface area (Å²) in [5, 5.41) is 0. The molecule has 5 heteroatoms. The van der Waals surface area contributed by atoms with Crippen LogP contribution in [0, 0.1) is 12.3 Å². The van der Waals surface area contributed by atoms with Gasteiger partial charge in [0.1, 0.15) is 0 Å². The number of nitrogens with zero attached hydrogens (tertiary/aromatic N) is 1. The molecule has 94 valence electrons. The highest BCUT2D eigenvalue weighted by molar-refractivity contribution is 6.08. The number of halogens is 1. The smallest absolute Gasteiger partial charge is 0.350 e. The highest BCUT2D eigenvalue weighted by Gasteiger charge is 2.30. The van der Waals surface area contributed by atoms with E-state index in [2.05, 4.69) is 10.7 Å². The summed E-state index contributed by atoms with van der Waals surface area (Å²) < 4.78 is 17.5. The Bertz CT molecular complexity index is 490. The number of esters is 1. The normalized spacial score (nSPS) is 11.2. The third-order valence-corrected chi connectivity index (χ3v) is 2.38. The molecule has 0 aliphatic rings. The fourth-order valence-corrected chi connectivity index (χ4v) is 1.28. The third-order valence-electron chi connectivity index (χ3n) is 2.38. The van der Waals surface area contributed by atoms with E-state index in [4.69, 9.17) is 6.42 Å². The van der Waals surface area contributed by atoms with Gasteiger partial charge in [0.2, 0.25) is 0 Å². The Labute approximate surface area is 104 Å². The van der Waals surface area contributed by atoms with Gasteiger partial charge in [-0.25, -0.2) is 9.18 Å². The van der Waals surface area contributed by atoms with E-state index in [0.29, 0.717) is 11.3 Å². The van der Waals surface area contributed by atoms with Crippen molar-refractivity contribution in [3.63, 3.8) is 0 Å². The standard InChI is InChI=1S/C13H12FNO3/c1-4-9-5-7-10(8-6-9)15(2)12(16)11(14)13(17)18-3/h1,5-8,11H,2-3H3. The Morgan fingerprint density at radius 2 is 1.94 bits per heavy atom. The molecule has 0 spiro atoms. The number of amides is 1. The molecule has 0 aromatic heterocycles. The Kier molecular flexibility index (Phi) is 4.44. The lowest BCUT2D eigenvalue weighted by atomic mass is 10.2. The first kappa shape index (κ1) is 13.7. The van der Waals surface area contributed by atoms with E-state index in [0.717, 1.165) is 12.0 Å². The molecular formula is C13H12FNO3. The summed E-state index contributed by atoms with van der Waals surface area (Å²) >= 11 is 0. The molecule has 1 unspecified atom stereocenters. The van der Waals surface area contributed by atoms with Gasteiger partial charge in [0.15, 0.2) is 0 Å². The lowest BCUT2D eigenvalue weighted by Crippen LogP contribution is -2.39. The zero-order valence-electron chi connectivity index (χ0n) is 10.0. The van der Waals surface area contributed by atoms with Crippen molar-refractivity contribution in [2.24, 2.45) is 0 Å². The van der Waals surface area contributed by atoms with Gasteiger partial charge in [-0.1, -0.05) is 5.92 Å². The first-order chi connectivity index (χ1) is 8.51. The quantitative estimate of drug-likeness (QED) is 0.458. The lowest BCUT2D eigenvalue weighted by Gasteiger charge is -2.18. The second kappa shape index (κ2) is 5.82. The van der Waals surface area contributed by atoms with E-state index < -0.39 is 18.0 Å². The number of hydrogen-bond acceptors (Lipinski definition) is 3. The van der Waals surface area contributed by atoms with Crippen LogP contribution in [0.2, 0.25) is 0 Å². The van der Waals surface area contributed by atoms with Gasteiger partial charge in [0, 0.05) is 18.3 Å². The van der Waals surface area contributed by atoms with Crippen molar-refractivity contribution in [2.45, 2.75) is 6.17 Å². The van der Waals surface area contributed by atoms with E-state index in [-0.39, 0.29) is 0 Å². The molecule has 0 heterocycles. The molecule has 18 heavy (non-hydrogen) atoms. The molecule has 4 nitrogen and oxygen atoms in total. The van der Waals surface area contributed by atoms with Crippen LogP contribution in [-0.4, -0.2) is 32.2 Å². The number of rotatable bonds is 3. The Morgan fingerprint density at radius 3 is 2.39 bits per heavy atom. The van der Waals surface area contributed by atoms with Crippen molar-refractivity contribution >= 4 is 17.6 Å². The van der Waals surface area contributed by atoms with Crippen LogP contribution in [-0.2, 0) is 14.3 Å². The van der Waals surface area contributed by atoms with E-state index in [9.17, 15) is 14.0 Å². The molecule has 1 amide bonds. The highest BCUT2D eigenvalue weighted by atomic mass is 19.1. The number of carbonyl (C=O) groups is 2. The zero-order chi connectivity index (χ0) is 13.7. The number of terminal acetylenes is 1. The van der Waals surface area contributed by atoms with Gasteiger partial charge in [-0.05, 0) is 24.3 Å². The van der Waals surface area contributed by atoms with Gasteiger partial charge < -0.3 is 9.64 Å². The SMILES string of the molecule is C#Cc1ccc(N(C)C(=O)C(F)C(=O)OC)cc1. The van der Waals surface area contributed by atoms with Crippen molar-refractivity contribution in [3.05, 3.63) is 29.8 Å². The topological polar surface area (TPSA) is 46.6 Å². The molecule has 0 fully saturated rings. The minimum Gasteiger partial charge on any atom is -0.466 e. The number of alkyl halides is 1. The maximum atomic E-state index is 13.4. The largest absolute Gasteiger partial charge is 0.466 e. The minimum absolute atomic E-state index is 0.436. The molecule has 0 bridgehead atoms. The zero-order valence-corrected chi connectivity index (χ0v) is 10.0. The number of hydrogen-bond donors (Lipinski definition) is 0. The Morgan fingerprint density at radius 1 is 1.39 bits per heavy atom. The van der Waals surface area contributed by atoms with Gasteiger partial charge in [-0.15, -0.1) is 6.42 Å². The van der Waals surface area contributed by atoms with E-state index in [1.165, 1.54) is 7.05 Å². The number of ether oxygens (including phenoxy) is 1. The highest BCUT2D eigenvalue weighted by Crippen LogP contribution is 2.15. The summed E-state index contributed by atoms with van der Waals surface area (Å²) in [6.07, 6.45) is 2.86. The van der Waals surface area contributed by atoms with Gasteiger partial charge >= 0.3 is 5.97 Å². The maximum Gasteiger partial charge on any atom is 0.350 e. The van der Waals surface area contributed by atoms with Crippen LogP contribution in [0.3, 0.4) is 0 Å². The number of carbonyl (C=O) groups excluding carboxylic acids is 2. The second-order valence-electron chi connectivity index (χ2n) is 3.47. The second-order valence-corrected chi connectivity index (χ2v) is 3.47. The van der Waals surface area contributed by atoms with Crippen LogP contribution < -0.4 is 4.90 Å². The summed E-state index contributed by atoms with van der Waals surface area (Å²) in [6, 6.07) is 6.36. The Hall–Kier alpha value is -2.35. The van der Waals surface area contributed by atoms with Gasteiger partial charge in [0.05, 0.1) is 7.11 Å². The first-order valence-corrected chi connectivity index (χ1v) is 5.07. The molecule has 0 aliphatic carbocycles. The molecule has 0 N–H and O–H groups in total. The van der Waals surface area contributed by atoms with Gasteiger partial charge in [0.25, 0.3) is 12.1 Å². The lowest BCUT2D eigenvalue weighted by molar-refractivity contribution is -0.150. The first-order valence-electron chi connectivity index (χ1n) is 5.07. The van der Waals surface area contributed by atoms with Crippen LogP contribution in [0.4, 0.5) is 10.1 Å². The van der Waals surface area contributed by atoms with E-state index in [1.54, 1.807) is 24.3 Å². The summed E-state index contributed by atoms with van der Waals surface area (Å²) in [4.78, 5) is 23.6. The van der Waals surface area contributed by atoms with Crippen molar-refractivity contribution in [1.29, 1.82) is 0 Å². The molecule has 0 aliphatic heterocycles. The Balaban J connectivity index is 2.86. The number of methoxy groups -OCH3 is 1. The molecule has 0 saturated heterocycles. The molecule has 1 rings (SSSR count). The summed E-state index contributed by atoms with van der Waals surface area (Å²) in [7, 11) is 2.38. The molecule has 0 radical (unpaired) electrons. The van der Waals surface area contributed by atoms with Crippen molar-refractivity contribution in [2.75, 3.05) is 19.1 Å². The molecule has 1 aromatic carbocycles.